The Balaban J connectivity index is 2.54. The average Bonchev–Trinajstić information content (AvgIpc) is 2.49. The number of aryl methyl sites for hydroxylation is 1. The van der Waals surface area contributed by atoms with Crippen molar-refractivity contribution in [2.75, 3.05) is 5.73 Å². The molecule has 5 heteroatoms. The van der Waals surface area contributed by atoms with Gasteiger partial charge in [-0.15, -0.1) is 0 Å². The molecule has 0 aliphatic heterocycles. The number of benzene rings is 1. The van der Waals surface area contributed by atoms with Gasteiger partial charge in [0.2, 0.25) is 0 Å². The molecule has 1 heterocycles. The summed E-state index contributed by atoms with van der Waals surface area (Å²) in [4.78, 5) is 0. The molecule has 1 aromatic carbocycles. The zero-order valence-corrected chi connectivity index (χ0v) is 9.35. The van der Waals surface area contributed by atoms with Crippen molar-refractivity contribution in [1.82, 2.24) is 14.8 Å². The zero-order chi connectivity index (χ0) is 10.1. The van der Waals surface area contributed by atoms with Gasteiger partial charge in [0.15, 0.2) is 0 Å². The Kier molecular flexibility index (Phi) is 2.27. The van der Waals surface area contributed by atoms with Gasteiger partial charge in [0.1, 0.15) is 0 Å². The van der Waals surface area contributed by atoms with Crippen LogP contribution in [0.3, 0.4) is 0 Å². The number of hydrogen-bond donors (Lipinski definition) is 1. The first-order valence-corrected chi connectivity index (χ1v) is 4.99. The van der Waals surface area contributed by atoms with Crippen LogP contribution in [0.4, 0.5) is 5.95 Å². The molecule has 0 unspecified atom stereocenters. The van der Waals surface area contributed by atoms with Crippen molar-refractivity contribution >= 4 is 26.7 Å². The third-order valence-electron chi connectivity index (χ3n) is 1.95. The molecule has 0 aliphatic carbocycles. The number of rotatable bonds is 1. The molecular weight excluding hydrogens is 243 g/mol. The summed E-state index contributed by atoms with van der Waals surface area (Å²) in [5, 5.41) is 7.62. The first-order chi connectivity index (χ1) is 6.68. The molecule has 0 bridgehead atoms. The minimum atomic E-state index is 0.391. The predicted molar refractivity (Wildman–Crippen MR) is 55.9 cm³/mol. The van der Waals surface area contributed by atoms with Gasteiger partial charge in [-0.2, -0.15) is 0 Å². The third kappa shape index (κ3) is 1.52. The Labute approximate surface area is 90.0 Å². The monoisotopic (exact) mass is 253 g/mol. The number of anilines is 1. The van der Waals surface area contributed by atoms with Crippen LogP contribution in [0.15, 0.2) is 24.3 Å². The van der Waals surface area contributed by atoms with Crippen molar-refractivity contribution in [2.24, 2.45) is 0 Å². The van der Waals surface area contributed by atoms with E-state index in [1.807, 2.05) is 31.2 Å². The Bertz CT molecular complexity index is 427. The maximum absolute atomic E-state index is 5.68. The Morgan fingerprint density at radius 3 is 2.36 bits per heavy atom. The number of hydrogen-bond acceptors (Lipinski definition) is 3. The maximum atomic E-state index is 5.68. The second-order valence-corrected chi connectivity index (χ2v) is 3.78. The summed E-state index contributed by atoms with van der Waals surface area (Å²) in [7, 11) is 0. The Morgan fingerprint density at radius 2 is 1.86 bits per heavy atom. The van der Waals surface area contributed by atoms with Gasteiger partial charge in [0.05, 0.1) is 0 Å². The van der Waals surface area contributed by atoms with Crippen molar-refractivity contribution < 1.29 is 0 Å². The molecule has 14 heavy (non-hydrogen) atoms. The van der Waals surface area contributed by atoms with E-state index in [9.17, 15) is 0 Å². The van der Waals surface area contributed by atoms with Crippen molar-refractivity contribution in [3.8, 4) is 5.69 Å². The zero-order valence-electron chi connectivity index (χ0n) is 7.64. The molecule has 1 aromatic heterocycles. The van der Waals surface area contributed by atoms with Gasteiger partial charge in [-0.1, -0.05) is 0 Å². The quantitative estimate of drug-likeness (QED) is 0.724. The van der Waals surface area contributed by atoms with Gasteiger partial charge in [0, 0.05) is 0 Å². The standard InChI is InChI=1S/C9H9N4Se/c1-6-2-4-7(5-3-6)13-8(10)11-12-9(13)14/h2-5H,1H3,(H2,10,11). The van der Waals surface area contributed by atoms with Gasteiger partial charge in [-0.05, 0) is 0 Å². The Morgan fingerprint density at radius 1 is 1.21 bits per heavy atom. The van der Waals surface area contributed by atoms with Crippen LogP contribution in [0.1, 0.15) is 5.56 Å². The van der Waals surface area contributed by atoms with Crippen molar-refractivity contribution in [3.05, 3.63) is 29.8 Å². The molecule has 1 radical (unpaired) electrons. The van der Waals surface area contributed by atoms with Crippen molar-refractivity contribution in [1.29, 1.82) is 0 Å². The second-order valence-electron chi connectivity index (χ2n) is 3.01. The van der Waals surface area contributed by atoms with E-state index in [0.717, 1.165) is 5.69 Å². The fourth-order valence-corrected chi connectivity index (χ4v) is 1.72. The first kappa shape index (κ1) is 9.24. The van der Waals surface area contributed by atoms with E-state index in [1.54, 1.807) is 4.57 Å². The number of nitrogens with zero attached hydrogens (tertiary/aromatic N) is 3. The summed E-state index contributed by atoms with van der Waals surface area (Å²) in [5.41, 5.74) is 7.86. The molecule has 0 saturated heterocycles. The van der Waals surface area contributed by atoms with Gasteiger partial charge in [-0.25, -0.2) is 0 Å². The van der Waals surface area contributed by atoms with Crippen LogP contribution in [0.25, 0.3) is 5.69 Å². The van der Waals surface area contributed by atoms with Crippen LogP contribution in [0, 0.1) is 6.92 Å². The van der Waals surface area contributed by atoms with Crippen LogP contribution in [-0.2, 0) is 0 Å². The van der Waals surface area contributed by atoms with E-state index in [1.165, 1.54) is 5.56 Å². The fourth-order valence-electron chi connectivity index (χ4n) is 1.22. The van der Waals surface area contributed by atoms with E-state index < -0.39 is 0 Å². The van der Waals surface area contributed by atoms with E-state index >= 15 is 0 Å². The molecule has 2 aromatic rings. The molecule has 0 fully saturated rings. The summed E-state index contributed by atoms with van der Waals surface area (Å²) >= 11 is 2.81. The summed E-state index contributed by atoms with van der Waals surface area (Å²) in [6.07, 6.45) is 0. The molecule has 0 atom stereocenters. The third-order valence-corrected chi connectivity index (χ3v) is 2.50. The number of aromatic nitrogens is 3. The van der Waals surface area contributed by atoms with Gasteiger partial charge in [-0.3, -0.25) is 0 Å². The molecule has 0 aliphatic rings. The molecule has 4 nitrogen and oxygen atoms in total. The van der Waals surface area contributed by atoms with E-state index in [0.29, 0.717) is 10.7 Å². The van der Waals surface area contributed by atoms with Crippen LogP contribution in [-0.4, -0.2) is 30.8 Å². The van der Waals surface area contributed by atoms with Gasteiger partial charge < -0.3 is 0 Å². The molecule has 0 spiro atoms. The SMILES string of the molecule is Cc1ccc(-n2c(N)nnc2[Se])cc1. The summed E-state index contributed by atoms with van der Waals surface area (Å²) in [6.45, 7) is 2.04. The van der Waals surface area contributed by atoms with E-state index in [-0.39, 0.29) is 0 Å². The van der Waals surface area contributed by atoms with Gasteiger partial charge in [0.25, 0.3) is 0 Å². The summed E-state index contributed by atoms with van der Waals surface area (Å²) < 4.78 is 2.44. The molecule has 2 rings (SSSR count). The molecule has 0 amide bonds. The first-order valence-electron chi connectivity index (χ1n) is 4.13. The molecular formula is C9H9N4Se. The van der Waals surface area contributed by atoms with E-state index in [2.05, 4.69) is 26.2 Å². The van der Waals surface area contributed by atoms with E-state index in [4.69, 9.17) is 5.73 Å². The van der Waals surface area contributed by atoms with Crippen LogP contribution >= 0.6 is 0 Å². The Hall–Kier alpha value is -1.32. The molecule has 71 valence electrons. The fraction of sp³-hybridized carbons (Fsp3) is 0.111. The van der Waals surface area contributed by atoms with Gasteiger partial charge >= 0.3 is 89.6 Å². The average molecular weight is 252 g/mol. The van der Waals surface area contributed by atoms with Crippen molar-refractivity contribution in [3.63, 3.8) is 0 Å². The molecule has 0 saturated carbocycles. The van der Waals surface area contributed by atoms with Crippen molar-refractivity contribution in [2.45, 2.75) is 6.92 Å². The normalized spacial score (nSPS) is 10.4. The van der Waals surface area contributed by atoms with Crippen LogP contribution < -0.4 is 10.5 Å². The second kappa shape index (κ2) is 3.44. The minimum absolute atomic E-state index is 0.391. The van der Waals surface area contributed by atoms with Crippen LogP contribution in [0.2, 0.25) is 0 Å². The molecule has 2 N–H and O–H groups in total. The number of nitrogen functional groups attached to an aromatic ring is 1. The number of nitrogens with two attached hydrogens (primary N) is 1. The predicted octanol–water partition coefficient (Wildman–Crippen LogP) is -0.0483. The van der Waals surface area contributed by atoms with Crippen LogP contribution in [0.5, 0.6) is 0 Å². The summed E-state index contributed by atoms with van der Waals surface area (Å²) in [6, 6.07) is 8.01. The summed E-state index contributed by atoms with van der Waals surface area (Å²) in [5.74, 6) is 0.391. The topological polar surface area (TPSA) is 56.7 Å².